The van der Waals surface area contributed by atoms with Crippen molar-refractivity contribution in [1.29, 1.82) is 0 Å². The quantitative estimate of drug-likeness (QED) is 0.415. The summed E-state index contributed by atoms with van der Waals surface area (Å²) in [6.45, 7) is 0.942. The molecule has 7 nitrogen and oxygen atoms in total. The van der Waals surface area contributed by atoms with Crippen molar-refractivity contribution in [3.05, 3.63) is 71.1 Å². The van der Waals surface area contributed by atoms with E-state index in [-0.39, 0.29) is 11.9 Å². The Bertz CT molecular complexity index is 1320. The molecule has 5 rings (SSSR count). The topological polar surface area (TPSA) is 92.5 Å². The molecule has 170 valence electrons. The average molecular weight is 500 g/mol. The van der Waals surface area contributed by atoms with Gasteiger partial charge in [0, 0.05) is 24.7 Å². The Hall–Kier alpha value is -2.79. The summed E-state index contributed by atoms with van der Waals surface area (Å²) in [7, 11) is -3.52. The summed E-state index contributed by atoms with van der Waals surface area (Å²) in [5, 5.41) is 2.40. The molecule has 0 bridgehead atoms. The van der Waals surface area contributed by atoms with Crippen LogP contribution in [0.4, 0.5) is 0 Å². The van der Waals surface area contributed by atoms with Crippen LogP contribution in [0.2, 0.25) is 0 Å². The summed E-state index contributed by atoms with van der Waals surface area (Å²) in [4.78, 5) is 20.5. The number of benzene rings is 1. The van der Waals surface area contributed by atoms with Gasteiger partial charge in [-0.2, -0.15) is 0 Å². The minimum absolute atomic E-state index is 0.0938. The molecule has 0 aliphatic carbocycles. The van der Waals surface area contributed by atoms with Crippen LogP contribution in [0.25, 0.3) is 22.0 Å². The molecular weight excluding hydrogens is 478 g/mol. The molecule has 33 heavy (non-hydrogen) atoms. The Morgan fingerprint density at radius 2 is 1.85 bits per heavy atom. The van der Waals surface area contributed by atoms with Crippen molar-refractivity contribution in [1.82, 2.24) is 14.6 Å². The van der Waals surface area contributed by atoms with E-state index in [1.807, 2.05) is 36.4 Å². The largest absolute Gasteiger partial charge is 0.462 e. The molecule has 1 saturated heterocycles. The van der Waals surface area contributed by atoms with Crippen molar-refractivity contribution in [2.24, 2.45) is 0 Å². The van der Waals surface area contributed by atoms with Gasteiger partial charge >= 0.3 is 0 Å². The SMILES string of the molecule is O=C(c1sc(-c2ccco2)nc1-c1ccccc1)N1CCC(NS(=O)(=O)c2cccs2)CC1. The van der Waals surface area contributed by atoms with Crippen LogP contribution >= 0.6 is 22.7 Å². The zero-order chi connectivity index (χ0) is 22.8. The van der Waals surface area contributed by atoms with Gasteiger partial charge in [0.15, 0.2) is 10.8 Å². The highest BCUT2D eigenvalue weighted by Crippen LogP contribution is 2.35. The summed E-state index contributed by atoms with van der Waals surface area (Å²) < 4.78 is 33.6. The lowest BCUT2D eigenvalue weighted by Crippen LogP contribution is -2.46. The normalized spacial score (nSPS) is 15.1. The zero-order valence-electron chi connectivity index (χ0n) is 17.5. The number of thiophene rings is 1. The fourth-order valence-electron chi connectivity index (χ4n) is 3.80. The molecule has 0 radical (unpaired) electrons. The van der Waals surface area contributed by atoms with Crippen LogP contribution in [0.1, 0.15) is 22.5 Å². The number of nitrogens with one attached hydrogen (secondary N) is 1. The van der Waals surface area contributed by atoms with Crippen LogP contribution in [-0.2, 0) is 10.0 Å². The Morgan fingerprint density at radius 3 is 2.52 bits per heavy atom. The predicted molar refractivity (Wildman–Crippen MR) is 129 cm³/mol. The van der Waals surface area contributed by atoms with Crippen LogP contribution in [0.3, 0.4) is 0 Å². The van der Waals surface area contributed by atoms with Gasteiger partial charge < -0.3 is 9.32 Å². The third kappa shape index (κ3) is 4.65. The summed E-state index contributed by atoms with van der Waals surface area (Å²) in [6, 6.07) is 16.4. The van der Waals surface area contributed by atoms with E-state index in [0.717, 1.165) is 5.56 Å². The lowest BCUT2D eigenvalue weighted by Gasteiger charge is -2.32. The summed E-state index contributed by atoms with van der Waals surface area (Å²) in [5.74, 6) is 0.529. The second-order valence-corrected chi connectivity index (χ2v) is 11.5. The third-order valence-corrected chi connectivity index (χ3v) is 9.44. The first kappa shape index (κ1) is 22.0. The maximum atomic E-state index is 13.5. The molecule has 1 amide bonds. The molecule has 1 N–H and O–H groups in total. The van der Waals surface area contributed by atoms with E-state index in [0.29, 0.717) is 51.5 Å². The predicted octanol–water partition coefficient (Wildman–Crippen LogP) is 4.71. The number of carbonyl (C=O) groups excluding carboxylic acids is 1. The van der Waals surface area contributed by atoms with Crippen molar-refractivity contribution in [3.8, 4) is 22.0 Å². The van der Waals surface area contributed by atoms with E-state index in [9.17, 15) is 13.2 Å². The Morgan fingerprint density at radius 1 is 1.06 bits per heavy atom. The monoisotopic (exact) mass is 499 g/mol. The number of amides is 1. The summed E-state index contributed by atoms with van der Waals surface area (Å²) >= 11 is 2.51. The highest BCUT2D eigenvalue weighted by molar-refractivity contribution is 7.91. The van der Waals surface area contributed by atoms with Crippen LogP contribution < -0.4 is 4.72 Å². The molecule has 4 aromatic rings. The fourth-order valence-corrected chi connectivity index (χ4v) is 7.14. The molecule has 1 aliphatic rings. The van der Waals surface area contributed by atoms with Gasteiger partial charge in [-0.25, -0.2) is 18.1 Å². The first-order valence-electron chi connectivity index (χ1n) is 10.5. The van der Waals surface area contributed by atoms with Gasteiger partial charge in [-0.1, -0.05) is 36.4 Å². The highest BCUT2D eigenvalue weighted by Gasteiger charge is 2.30. The Labute approximate surface area is 199 Å². The van der Waals surface area contributed by atoms with Gasteiger partial charge in [-0.15, -0.1) is 22.7 Å². The number of hydrogen-bond acceptors (Lipinski definition) is 7. The van der Waals surface area contributed by atoms with Crippen molar-refractivity contribution in [2.75, 3.05) is 13.1 Å². The number of furan rings is 1. The zero-order valence-corrected chi connectivity index (χ0v) is 20.0. The second-order valence-electron chi connectivity index (χ2n) is 7.66. The van der Waals surface area contributed by atoms with Gasteiger partial charge in [-0.05, 0) is 36.4 Å². The van der Waals surface area contributed by atoms with Gasteiger partial charge in [0.2, 0.25) is 10.0 Å². The minimum atomic E-state index is -3.52. The summed E-state index contributed by atoms with van der Waals surface area (Å²) in [5.41, 5.74) is 1.51. The number of thiazole rings is 1. The van der Waals surface area contributed by atoms with Crippen LogP contribution in [0.15, 0.2) is 74.9 Å². The molecule has 1 aliphatic heterocycles. The number of likely N-dealkylation sites (tertiary alicyclic amines) is 1. The number of nitrogens with zero attached hydrogens (tertiary/aromatic N) is 2. The number of carbonyl (C=O) groups is 1. The van der Waals surface area contributed by atoms with Crippen LogP contribution in [-0.4, -0.2) is 43.3 Å². The molecular formula is C23H21N3O4S3. The summed E-state index contributed by atoms with van der Waals surface area (Å²) in [6.07, 6.45) is 2.70. The fraction of sp³-hybridized carbons (Fsp3) is 0.217. The van der Waals surface area contributed by atoms with E-state index in [1.165, 1.54) is 22.7 Å². The average Bonchev–Trinajstić information content (AvgIpc) is 3.61. The number of sulfonamides is 1. The molecule has 4 heterocycles. The van der Waals surface area contributed by atoms with E-state index in [4.69, 9.17) is 9.40 Å². The maximum absolute atomic E-state index is 13.5. The first-order chi connectivity index (χ1) is 16.0. The number of hydrogen-bond donors (Lipinski definition) is 1. The standard InChI is InChI=1S/C23H21N3O4S3/c27-23(26-12-10-17(11-13-26)25-33(28,29)19-9-5-15-31-19)21-20(16-6-2-1-3-7-16)24-22(32-21)18-8-4-14-30-18/h1-9,14-15,17,25H,10-13H2. The second kappa shape index (κ2) is 9.22. The van der Waals surface area contributed by atoms with Crippen molar-refractivity contribution in [2.45, 2.75) is 23.1 Å². The number of piperidine rings is 1. The van der Waals surface area contributed by atoms with E-state index < -0.39 is 10.0 Å². The number of aromatic nitrogens is 1. The van der Waals surface area contributed by atoms with Gasteiger partial charge in [-0.3, -0.25) is 4.79 Å². The van der Waals surface area contributed by atoms with Crippen molar-refractivity contribution >= 4 is 38.6 Å². The first-order valence-corrected chi connectivity index (χ1v) is 13.6. The lowest BCUT2D eigenvalue weighted by molar-refractivity contribution is 0.0717. The molecule has 1 aromatic carbocycles. The van der Waals surface area contributed by atoms with Crippen molar-refractivity contribution in [3.63, 3.8) is 0 Å². The van der Waals surface area contributed by atoms with Gasteiger partial charge in [0.25, 0.3) is 5.91 Å². The molecule has 0 saturated carbocycles. The van der Waals surface area contributed by atoms with Crippen LogP contribution in [0.5, 0.6) is 0 Å². The number of rotatable bonds is 6. The third-order valence-electron chi connectivity index (χ3n) is 5.46. The van der Waals surface area contributed by atoms with E-state index in [2.05, 4.69) is 4.72 Å². The molecule has 1 fully saturated rings. The van der Waals surface area contributed by atoms with Crippen molar-refractivity contribution < 1.29 is 17.6 Å². The van der Waals surface area contributed by atoms with Gasteiger partial charge in [0.1, 0.15) is 9.09 Å². The smallest absolute Gasteiger partial charge is 0.266 e. The van der Waals surface area contributed by atoms with E-state index in [1.54, 1.807) is 34.7 Å². The molecule has 3 aromatic heterocycles. The minimum Gasteiger partial charge on any atom is -0.462 e. The lowest BCUT2D eigenvalue weighted by atomic mass is 10.1. The molecule has 0 atom stereocenters. The maximum Gasteiger partial charge on any atom is 0.266 e. The van der Waals surface area contributed by atoms with E-state index >= 15 is 0 Å². The molecule has 10 heteroatoms. The Kier molecular flexibility index (Phi) is 6.15. The molecule has 0 unspecified atom stereocenters. The molecule has 0 spiro atoms. The Balaban J connectivity index is 1.34. The van der Waals surface area contributed by atoms with Gasteiger partial charge in [0.05, 0.1) is 12.0 Å². The van der Waals surface area contributed by atoms with Crippen LogP contribution in [0, 0.1) is 0 Å². The highest BCUT2D eigenvalue weighted by atomic mass is 32.2.